The fraction of sp³-hybridized carbons (Fsp3) is 0.714. The van der Waals surface area contributed by atoms with Gasteiger partial charge in [0, 0.05) is 24.1 Å². The van der Waals surface area contributed by atoms with Gasteiger partial charge in [-0.15, -0.1) is 0 Å². The predicted octanol–water partition coefficient (Wildman–Crippen LogP) is 4.98. The highest BCUT2D eigenvalue weighted by molar-refractivity contribution is 5.99. The van der Waals surface area contributed by atoms with Crippen molar-refractivity contribution in [2.24, 2.45) is 11.3 Å². The Kier molecular flexibility index (Phi) is 7.51. The molecule has 3 aliphatic rings. The van der Waals surface area contributed by atoms with Crippen LogP contribution in [0.4, 0.5) is 0 Å². The van der Waals surface area contributed by atoms with E-state index in [1.165, 1.54) is 30.4 Å². The Morgan fingerprint density at radius 1 is 1.09 bits per heavy atom. The fourth-order valence-electron chi connectivity index (χ4n) is 6.28. The van der Waals surface area contributed by atoms with Crippen LogP contribution in [0.3, 0.4) is 0 Å². The second-order valence-corrected chi connectivity index (χ2v) is 11.7. The summed E-state index contributed by atoms with van der Waals surface area (Å²) in [6.07, 6.45) is 11.0. The summed E-state index contributed by atoms with van der Waals surface area (Å²) in [6.45, 7) is 8.75. The molecule has 0 saturated carbocycles. The van der Waals surface area contributed by atoms with Gasteiger partial charge in [0.2, 0.25) is 0 Å². The molecule has 3 atom stereocenters. The second kappa shape index (κ2) is 10.2. The molecule has 0 spiro atoms. The number of hydrogen-bond donors (Lipinski definition) is 1. The Morgan fingerprint density at radius 3 is 2.56 bits per heavy atom. The van der Waals surface area contributed by atoms with E-state index in [4.69, 9.17) is 0 Å². The number of rotatable bonds is 10. The minimum Gasteiger partial charge on any atom is -0.309 e. The van der Waals surface area contributed by atoms with Crippen LogP contribution < -0.4 is 5.32 Å². The van der Waals surface area contributed by atoms with Crippen molar-refractivity contribution in [1.29, 1.82) is 0 Å². The van der Waals surface area contributed by atoms with E-state index in [0.29, 0.717) is 42.3 Å². The standard InChI is InChI=1S/C28H42N2O2/c1-28(2,3)14-6-9-24(31)19-30-22-12-13-23(30)16-20(15-22)17-29-18-27(32)26-11-5-8-21-7-4-10-25(21)26/h5,8,11,20,22-23,29H,4,6-7,9-10,12-19H2,1-3H3/t20-,22-,23+. The number of fused-ring (bicyclic) bond motifs is 3. The first-order valence-corrected chi connectivity index (χ1v) is 12.9. The Labute approximate surface area is 194 Å². The van der Waals surface area contributed by atoms with Crippen molar-refractivity contribution in [3.8, 4) is 0 Å². The largest absolute Gasteiger partial charge is 0.309 e. The van der Waals surface area contributed by atoms with Crippen LogP contribution >= 0.6 is 0 Å². The molecule has 32 heavy (non-hydrogen) atoms. The topological polar surface area (TPSA) is 49.4 Å². The van der Waals surface area contributed by atoms with Crippen molar-refractivity contribution < 1.29 is 9.59 Å². The van der Waals surface area contributed by atoms with Crippen LogP contribution in [0.15, 0.2) is 18.2 Å². The van der Waals surface area contributed by atoms with E-state index >= 15 is 0 Å². The zero-order chi connectivity index (χ0) is 22.7. The molecule has 4 rings (SSSR count). The van der Waals surface area contributed by atoms with Gasteiger partial charge in [-0.3, -0.25) is 14.5 Å². The summed E-state index contributed by atoms with van der Waals surface area (Å²) in [7, 11) is 0. The van der Waals surface area contributed by atoms with Crippen molar-refractivity contribution in [3.63, 3.8) is 0 Å². The van der Waals surface area contributed by atoms with Crippen molar-refractivity contribution in [2.45, 2.75) is 97.1 Å². The normalized spacial score (nSPS) is 25.2. The number of ketones is 2. The molecule has 1 aliphatic carbocycles. The summed E-state index contributed by atoms with van der Waals surface area (Å²) < 4.78 is 0. The number of carbonyl (C=O) groups excluding carboxylic acids is 2. The van der Waals surface area contributed by atoms with Gasteiger partial charge in [0.05, 0.1) is 13.1 Å². The smallest absolute Gasteiger partial charge is 0.176 e. The molecule has 4 heteroatoms. The third-order valence-corrected chi connectivity index (χ3v) is 7.89. The van der Waals surface area contributed by atoms with Gasteiger partial charge in [-0.2, -0.15) is 0 Å². The highest BCUT2D eigenvalue weighted by atomic mass is 16.1. The SMILES string of the molecule is CC(C)(C)CCCC(=O)CN1[C@@H]2CC[C@H]1C[C@H](CNCC(=O)c1cccc3c1CCC3)C2. The van der Waals surface area contributed by atoms with Crippen molar-refractivity contribution in [2.75, 3.05) is 19.6 Å². The molecule has 1 aromatic rings. The number of aryl methyl sites for hydroxylation is 1. The van der Waals surface area contributed by atoms with Gasteiger partial charge in [-0.1, -0.05) is 39.0 Å². The molecular weight excluding hydrogens is 396 g/mol. The first-order valence-electron chi connectivity index (χ1n) is 12.9. The minimum atomic E-state index is 0.241. The van der Waals surface area contributed by atoms with E-state index in [1.807, 2.05) is 12.1 Å². The predicted molar refractivity (Wildman–Crippen MR) is 130 cm³/mol. The number of benzene rings is 1. The number of nitrogens with zero attached hydrogens (tertiary/aromatic N) is 1. The average molecular weight is 439 g/mol. The molecule has 2 heterocycles. The molecule has 2 bridgehead atoms. The summed E-state index contributed by atoms with van der Waals surface area (Å²) in [5, 5.41) is 3.48. The van der Waals surface area contributed by atoms with Crippen LogP contribution in [0, 0.1) is 11.3 Å². The van der Waals surface area contributed by atoms with E-state index in [1.54, 1.807) is 0 Å². The summed E-state index contributed by atoms with van der Waals surface area (Å²) in [6, 6.07) is 7.33. The molecule has 1 N–H and O–H groups in total. The van der Waals surface area contributed by atoms with Crippen LogP contribution in [0.1, 0.15) is 93.6 Å². The zero-order valence-electron chi connectivity index (χ0n) is 20.4. The van der Waals surface area contributed by atoms with Gasteiger partial charge in [0.15, 0.2) is 5.78 Å². The molecule has 4 nitrogen and oxygen atoms in total. The monoisotopic (exact) mass is 438 g/mol. The number of hydrogen-bond acceptors (Lipinski definition) is 4. The van der Waals surface area contributed by atoms with Crippen LogP contribution in [-0.4, -0.2) is 48.2 Å². The maximum absolute atomic E-state index is 12.8. The van der Waals surface area contributed by atoms with Crippen molar-refractivity contribution >= 4 is 11.6 Å². The van der Waals surface area contributed by atoms with Crippen molar-refractivity contribution in [3.05, 3.63) is 34.9 Å². The molecule has 2 fully saturated rings. The van der Waals surface area contributed by atoms with Crippen LogP contribution in [0.2, 0.25) is 0 Å². The Balaban J connectivity index is 1.20. The van der Waals surface area contributed by atoms with E-state index in [0.717, 1.165) is 57.1 Å². The Bertz CT molecular complexity index is 811. The third kappa shape index (κ3) is 5.88. The molecule has 1 aromatic carbocycles. The van der Waals surface area contributed by atoms with Gasteiger partial charge in [-0.05, 0) is 86.8 Å². The molecule has 0 radical (unpaired) electrons. The lowest BCUT2D eigenvalue weighted by Gasteiger charge is -2.38. The minimum absolute atomic E-state index is 0.241. The van der Waals surface area contributed by atoms with Gasteiger partial charge in [0.1, 0.15) is 5.78 Å². The maximum atomic E-state index is 12.8. The number of nitrogens with one attached hydrogen (secondary N) is 1. The molecule has 176 valence electrons. The number of piperidine rings is 1. The summed E-state index contributed by atoms with van der Waals surface area (Å²) in [4.78, 5) is 27.9. The van der Waals surface area contributed by atoms with Gasteiger partial charge < -0.3 is 5.32 Å². The lowest BCUT2D eigenvalue weighted by atomic mass is 9.88. The molecule has 0 unspecified atom stereocenters. The van der Waals surface area contributed by atoms with E-state index in [9.17, 15) is 9.59 Å². The number of Topliss-reactive ketones (excluding diaryl/α,β-unsaturated/α-hetero) is 2. The van der Waals surface area contributed by atoms with Gasteiger partial charge >= 0.3 is 0 Å². The van der Waals surface area contributed by atoms with Crippen molar-refractivity contribution in [1.82, 2.24) is 10.2 Å². The van der Waals surface area contributed by atoms with Crippen LogP contribution in [-0.2, 0) is 17.6 Å². The quantitative estimate of drug-likeness (QED) is 0.524. The second-order valence-electron chi connectivity index (χ2n) is 11.7. The van der Waals surface area contributed by atoms with Gasteiger partial charge in [0.25, 0.3) is 0 Å². The van der Waals surface area contributed by atoms with Gasteiger partial charge in [-0.25, -0.2) is 0 Å². The molecule has 2 aliphatic heterocycles. The zero-order valence-corrected chi connectivity index (χ0v) is 20.4. The Morgan fingerprint density at radius 2 is 1.84 bits per heavy atom. The third-order valence-electron chi connectivity index (χ3n) is 7.89. The molecular formula is C28H42N2O2. The maximum Gasteiger partial charge on any atom is 0.176 e. The first-order chi connectivity index (χ1) is 15.3. The van der Waals surface area contributed by atoms with E-state index in [2.05, 4.69) is 37.1 Å². The highest BCUT2D eigenvalue weighted by Crippen LogP contribution is 2.38. The molecule has 0 amide bonds. The average Bonchev–Trinajstić information content (AvgIpc) is 3.28. The Hall–Kier alpha value is -1.52. The summed E-state index contributed by atoms with van der Waals surface area (Å²) >= 11 is 0. The van der Waals surface area contributed by atoms with E-state index in [-0.39, 0.29) is 5.78 Å². The summed E-state index contributed by atoms with van der Waals surface area (Å²) in [5.74, 6) is 1.28. The molecule has 2 saturated heterocycles. The van der Waals surface area contributed by atoms with E-state index < -0.39 is 0 Å². The fourth-order valence-corrected chi connectivity index (χ4v) is 6.28. The number of carbonyl (C=O) groups is 2. The summed E-state index contributed by atoms with van der Waals surface area (Å²) in [5.41, 5.74) is 3.91. The first kappa shape index (κ1) is 23.6. The van der Waals surface area contributed by atoms with Crippen LogP contribution in [0.5, 0.6) is 0 Å². The lowest BCUT2D eigenvalue weighted by molar-refractivity contribution is -0.121. The highest BCUT2D eigenvalue weighted by Gasteiger charge is 2.41. The molecule has 0 aromatic heterocycles. The van der Waals surface area contributed by atoms with Crippen LogP contribution in [0.25, 0.3) is 0 Å². The lowest BCUT2D eigenvalue weighted by Crippen LogP contribution is -2.47.